The molecular weight excluding hydrogens is 333 g/mol. The molecule has 0 aliphatic heterocycles. The van der Waals surface area contributed by atoms with E-state index in [-0.39, 0.29) is 5.28 Å². The van der Waals surface area contributed by atoms with E-state index in [0.717, 1.165) is 11.3 Å². The highest BCUT2D eigenvalue weighted by atomic mass is 35.5. The summed E-state index contributed by atoms with van der Waals surface area (Å²) in [5.74, 6) is 0.765. The van der Waals surface area contributed by atoms with Crippen molar-refractivity contribution in [2.24, 2.45) is 0 Å². The van der Waals surface area contributed by atoms with Crippen LogP contribution < -0.4 is 4.74 Å². The number of hydrogen-bond donors (Lipinski definition) is 0. The molecule has 2 heterocycles. The molecule has 2 aromatic heterocycles. The van der Waals surface area contributed by atoms with Crippen LogP contribution in [0.25, 0.3) is 11.0 Å². The number of aromatic nitrogens is 3. The van der Waals surface area contributed by atoms with Gasteiger partial charge in [0, 0.05) is 11.2 Å². The summed E-state index contributed by atoms with van der Waals surface area (Å²) in [7, 11) is 0. The predicted octanol–water partition coefficient (Wildman–Crippen LogP) is 4.47. The molecule has 0 bridgehead atoms. The van der Waals surface area contributed by atoms with Gasteiger partial charge in [0.1, 0.15) is 17.9 Å². The fraction of sp³-hybridized carbons (Fsp3) is 0.143. The van der Waals surface area contributed by atoms with E-state index in [1.807, 2.05) is 29.0 Å². The number of ether oxygens (including phenoxy) is 1. The summed E-state index contributed by atoms with van der Waals surface area (Å²) in [5, 5.41) is 1.16. The van der Waals surface area contributed by atoms with E-state index in [9.17, 15) is 0 Å². The van der Waals surface area contributed by atoms with Crippen molar-refractivity contribution < 1.29 is 4.74 Å². The minimum Gasteiger partial charge on any atom is -0.492 e. The Morgan fingerprint density at radius 2 is 1.76 bits per heavy atom. The van der Waals surface area contributed by atoms with E-state index < -0.39 is 0 Å². The van der Waals surface area contributed by atoms with Gasteiger partial charge in [-0.05, 0) is 41.9 Å². The fourth-order valence-corrected chi connectivity index (χ4v) is 2.64. The second-order valence-electron chi connectivity index (χ2n) is 4.33. The van der Waals surface area contributed by atoms with Crippen LogP contribution in [-0.2, 0) is 6.54 Å². The summed E-state index contributed by atoms with van der Waals surface area (Å²) in [6.45, 7) is 1.11. The van der Waals surface area contributed by atoms with Gasteiger partial charge in [0.15, 0.2) is 5.15 Å². The maximum absolute atomic E-state index is 6.11. The van der Waals surface area contributed by atoms with Crippen LogP contribution in [0.2, 0.25) is 15.5 Å². The summed E-state index contributed by atoms with van der Waals surface area (Å²) in [5.41, 5.74) is 1.47. The molecule has 0 fully saturated rings. The highest BCUT2D eigenvalue weighted by molar-refractivity contribution is 6.35. The molecule has 0 atom stereocenters. The fourth-order valence-electron chi connectivity index (χ4n) is 2.01. The van der Waals surface area contributed by atoms with E-state index in [1.54, 1.807) is 12.1 Å². The van der Waals surface area contributed by atoms with Crippen molar-refractivity contribution in [1.29, 1.82) is 0 Å². The molecule has 0 saturated heterocycles. The standard InChI is InChI=1S/C14H10Cl3N3O/c15-9-1-3-10(4-2-9)21-8-7-20-6-5-11-12(20)13(16)19-14(17)18-11/h1-6H,7-8H2. The molecule has 0 spiro atoms. The van der Waals surface area contributed by atoms with Gasteiger partial charge in [-0.15, -0.1) is 0 Å². The summed E-state index contributed by atoms with van der Waals surface area (Å²) in [6.07, 6.45) is 1.88. The van der Waals surface area contributed by atoms with Crippen molar-refractivity contribution in [2.45, 2.75) is 6.54 Å². The molecule has 3 rings (SSSR count). The van der Waals surface area contributed by atoms with E-state index >= 15 is 0 Å². The number of rotatable bonds is 4. The second-order valence-corrected chi connectivity index (χ2v) is 5.46. The third kappa shape index (κ3) is 3.23. The number of nitrogens with zero attached hydrogens (tertiary/aromatic N) is 3. The summed E-state index contributed by atoms with van der Waals surface area (Å²) in [4.78, 5) is 8.08. The number of fused-ring (bicyclic) bond motifs is 1. The normalized spacial score (nSPS) is 11.0. The monoisotopic (exact) mass is 341 g/mol. The smallest absolute Gasteiger partial charge is 0.224 e. The molecule has 4 nitrogen and oxygen atoms in total. The van der Waals surface area contributed by atoms with Gasteiger partial charge in [-0.3, -0.25) is 0 Å². The first-order chi connectivity index (χ1) is 10.1. The molecule has 0 N–H and O–H groups in total. The number of benzene rings is 1. The maximum Gasteiger partial charge on any atom is 0.224 e. The molecule has 21 heavy (non-hydrogen) atoms. The molecule has 0 aliphatic rings. The quantitative estimate of drug-likeness (QED) is 0.519. The zero-order chi connectivity index (χ0) is 14.8. The first kappa shape index (κ1) is 14.4. The maximum atomic E-state index is 6.11. The lowest BCUT2D eigenvalue weighted by Gasteiger charge is -2.08. The highest BCUT2D eigenvalue weighted by Crippen LogP contribution is 2.23. The minimum absolute atomic E-state index is 0.141. The van der Waals surface area contributed by atoms with Crippen molar-refractivity contribution in [1.82, 2.24) is 14.5 Å². The second kappa shape index (κ2) is 6.10. The third-order valence-electron chi connectivity index (χ3n) is 2.96. The van der Waals surface area contributed by atoms with E-state index in [2.05, 4.69) is 9.97 Å². The van der Waals surface area contributed by atoms with E-state index in [4.69, 9.17) is 39.5 Å². The van der Waals surface area contributed by atoms with Gasteiger partial charge >= 0.3 is 0 Å². The summed E-state index contributed by atoms with van der Waals surface area (Å²) in [6, 6.07) is 9.07. The van der Waals surface area contributed by atoms with Crippen LogP contribution in [0.15, 0.2) is 36.5 Å². The van der Waals surface area contributed by atoms with Crippen LogP contribution >= 0.6 is 34.8 Å². The Kier molecular flexibility index (Phi) is 4.19. The van der Waals surface area contributed by atoms with E-state index in [1.165, 1.54) is 0 Å². The van der Waals surface area contributed by atoms with Crippen molar-refractivity contribution in [2.75, 3.05) is 6.61 Å². The molecule has 0 unspecified atom stereocenters. The Morgan fingerprint density at radius 1 is 1.00 bits per heavy atom. The SMILES string of the molecule is Clc1ccc(OCCn2ccc3nc(Cl)nc(Cl)c32)cc1. The number of halogens is 3. The average Bonchev–Trinajstić information content (AvgIpc) is 2.84. The molecule has 3 aromatic rings. The summed E-state index contributed by atoms with van der Waals surface area (Å²) >= 11 is 17.7. The molecule has 0 radical (unpaired) electrons. The van der Waals surface area contributed by atoms with Crippen molar-refractivity contribution >= 4 is 45.8 Å². The Bertz CT molecular complexity index is 771. The van der Waals surface area contributed by atoms with Crippen molar-refractivity contribution in [3.8, 4) is 5.75 Å². The van der Waals surface area contributed by atoms with Gasteiger partial charge in [-0.1, -0.05) is 23.2 Å². The molecule has 108 valence electrons. The zero-order valence-electron chi connectivity index (χ0n) is 10.8. The van der Waals surface area contributed by atoms with Gasteiger partial charge < -0.3 is 9.30 Å². The minimum atomic E-state index is 0.141. The van der Waals surface area contributed by atoms with Gasteiger partial charge in [-0.25, -0.2) is 9.97 Å². The van der Waals surface area contributed by atoms with Crippen LogP contribution in [-0.4, -0.2) is 21.1 Å². The van der Waals surface area contributed by atoms with Crippen LogP contribution in [0, 0.1) is 0 Å². The van der Waals surface area contributed by atoms with Crippen molar-refractivity contribution in [3.63, 3.8) is 0 Å². The molecule has 7 heteroatoms. The molecule has 1 aromatic carbocycles. The number of hydrogen-bond acceptors (Lipinski definition) is 3. The van der Waals surface area contributed by atoms with Crippen LogP contribution in [0.4, 0.5) is 0 Å². The highest BCUT2D eigenvalue weighted by Gasteiger charge is 2.09. The predicted molar refractivity (Wildman–Crippen MR) is 84.5 cm³/mol. The summed E-state index contributed by atoms with van der Waals surface area (Å²) < 4.78 is 7.59. The third-order valence-corrected chi connectivity index (χ3v) is 3.64. The van der Waals surface area contributed by atoms with Gasteiger partial charge in [0.2, 0.25) is 5.28 Å². The average molecular weight is 343 g/mol. The molecule has 0 amide bonds. The largest absolute Gasteiger partial charge is 0.492 e. The Hall–Kier alpha value is -1.49. The van der Waals surface area contributed by atoms with E-state index in [0.29, 0.717) is 28.8 Å². The van der Waals surface area contributed by atoms with Gasteiger partial charge in [0.25, 0.3) is 0 Å². The first-order valence-corrected chi connectivity index (χ1v) is 7.33. The zero-order valence-corrected chi connectivity index (χ0v) is 13.0. The first-order valence-electron chi connectivity index (χ1n) is 6.20. The Morgan fingerprint density at radius 3 is 2.52 bits per heavy atom. The van der Waals surface area contributed by atoms with Crippen LogP contribution in [0.3, 0.4) is 0 Å². The Labute approximate surface area is 136 Å². The van der Waals surface area contributed by atoms with Gasteiger partial charge in [-0.2, -0.15) is 0 Å². The molecular formula is C14H10Cl3N3O. The van der Waals surface area contributed by atoms with Gasteiger partial charge in [0.05, 0.1) is 12.1 Å². The van der Waals surface area contributed by atoms with Crippen molar-refractivity contribution in [3.05, 3.63) is 52.0 Å². The Balaban J connectivity index is 1.72. The molecule has 0 aliphatic carbocycles. The lowest BCUT2D eigenvalue weighted by molar-refractivity contribution is 0.300. The molecule has 0 saturated carbocycles. The van der Waals surface area contributed by atoms with Crippen LogP contribution in [0.1, 0.15) is 0 Å². The lowest BCUT2D eigenvalue weighted by Crippen LogP contribution is -2.07. The lowest BCUT2D eigenvalue weighted by atomic mass is 10.3. The topological polar surface area (TPSA) is 39.9 Å². The van der Waals surface area contributed by atoms with Crippen LogP contribution in [0.5, 0.6) is 5.75 Å².